The van der Waals surface area contributed by atoms with Gasteiger partial charge in [0.25, 0.3) is 0 Å². The number of rotatable bonds is 3. The molecule has 1 aromatic carbocycles. The van der Waals surface area contributed by atoms with Crippen LogP contribution >= 0.6 is 24.8 Å². The molecular weight excluding hydrogens is 323 g/mol. The van der Waals surface area contributed by atoms with Crippen LogP contribution in [0.15, 0.2) is 18.2 Å². The lowest BCUT2D eigenvalue weighted by atomic mass is 10.2. The van der Waals surface area contributed by atoms with Crippen LogP contribution in [-0.4, -0.2) is 31.1 Å². The van der Waals surface area contributed by atoms with Gasteiger partial charge in [0, 0.05) is 19.1 Å². The maximum Gasteiger partial charge on any atom is 0.236 e. The van der Waals surface area contributed by atoms with E-state index in [1.54, 1.807) is 11.8 Å². The minimum atomic E-state index is -0.584. The summed E-state index contributed by atoms with van der Waals surface area (Å²) in [6.45, 7) is 2.48. The highest BCUT2D eigenvalue weighted by atomic mass is 35.5. The number of hydrogen-bond acceptors (Lipinski definition) is 3. The number of carbonyl (C=O) groups excluding carboxylic acids is 1. The molecule has 3 N–H and O–H groups in total. The number of benzene rings is 1. The minimum Gasteiger partial charge on any atom is -0.365 e. The lowest BCUT2D eigenvalue weighted by Crippen LogP contribution is -2.45. The molecule has 1 heterocycles. The third kappa shape index (κ3) is 4.69. The number of para-hydroxylation sites is 1. The van der Waals surface area contributed by atoms with Gasteiger partial charge in [-0.05, 0) is 25.5 Å². The molecule has 8 heteroatoms. The van der Waals surface area contributed by atoms with Crippen LogP contribution in [0.5, 0.6) is 0 Å². The van der Waals surface area contributed by atoms with Gasteiger partial charge in [0.05, 0.1) is 6.04 Å². The molecule has 1 amide bonds. The molecule has 0 radical (unpaired) electrons. The number of anilines is 1. The standard InChI is InChI=1S/C13H17F2N3O.2ClH/c1-8(16)13(19)17-9-5-6-18(7-9)12-10(14)3-2-4-11(12)15;;/h2-4,8-9H,5-7,16H2,1H3,(H,17,19);2*1H/t8-,9?;;/m1../s1. The van der Waals surface area contributed by atoms with Gasteiger partial charge in [-0.15, -0.1) is 24.8 Å². The normalized spacial score (nSPS) is 18.5. The smallest absolute Gasteiger partial charge is 0.236 e. The number of hydrogen-bond donors (Lipinski definition) is 2. The summed E-state index contributed by atoms with van der Waals surface area (Å²) in [4.78, 5) is 13.1. The molecule has 120 valence electrons. The van der Waals surface area contributed by atoms with Gasteiger partial charge in [-0.25, -0.2) is 8.78 Å². The number of nitrogens with one attached hydrogen (secondary N) is 1. The molecule has 0 aliphatic carbocycles. The fourth-order valence-corrected chi connectivity index (χ4v) is 2.20. The second kappa shape index (κ2) is 8.36. The Morgan fingerprint density at radius 2 is 1.95 bits per heavy atom. The van der Waals surface area contributed by atoms with Crippen molar-refractivity contribution < 1.29 is 13.6 Å². The summed E-state index contributed by atoms with van der Waals surface area (Å²) in [5.74, 6) is -1.42. The highest BCUT2D eigenvalue weighted by Gasteiger charge is 2.28. The first kappa shape index (κ1) is 19.9. The topological polar surface area (TPSA) is 58.4 Å². The quantitative estimate of drug-likeness (QED) is 0.882. The fraction of sp³-hybridized carbons (Fsp3) is 0.462. The third-order valence-electron chi connectivity index (χ3n) is 3.20. The molecule has 1 aliphatic rings. The first-order valence-corrected chi connectivity index (χ1v) is 6.24. The number of amides is 1. The van der Waals surface area contributed by atoms with E-state index in [1.807, 2.05) is 0 Å². The molecule has 1 fully saturated rings. The van der Waals surface area contributed by atoms with Crippen molar-refractivity contribution in [3.63, 3.8) is 0 Å². The van der Waals surface area contributed by atoms with Crippen LogP contribution in [0.25, 0.3) is 0 Å². The van der Waals surface area contributed by atoms with E-state index < -0.39 is 17.7 Å². The molecule has 2 rings (SSSR count). The SMILES string of the molecule is C[C@@H](N)C(=O)NC1CCN(c2c(F)cccc2F)C1.Cl.Cl. The Hall–Kier alpha value is -1.11. The second-order valence-corrected chi connectivity index (χ2v) is 4.80. The predicted molar refractivity (Wildman–Crippen MR) is 83.3 cm³/mol. The van der Waals surface area contributed by atoms with Crippen molar-refractivity contribution >= 4 is 36.4 Å². The Bertz CT molecular complexity index is 468. The second-order valence-electron chi connectivity index (χ2n) is 4.80. The number of carbonyl (C=O) groups is 1. The third-order valence-corrected chi connectivity index (χ3v) is 3.20. The van der Waals surface area contributed by atoms with Gasteiger partial charge < -0.3 is 16.0 Å². The Morgan fingerprint density at radius 1 is 1.38 bits per heavy atom. The summed E-state index contributed by atoms with van der Waals surface area (Å²) in [7, 11) is 0. The van der Waals surface area contributed by atoms with Crippen molar-refractivity contribution in [1.29, 1.82) is 0 Å². The highest BCUT2D eigenvalue weighted by Crippen LogP contribution is 2.26. The van der Waals surface area contributed by atoms with Gasteiger partial charge in [-0.2, -0.15) is 0 Å². The van der Waals surface area contributed by atoms with Crippen molar-refractivity contribution in [1.82, 2.24) is 5.32 Å². The van der Waals surface area contributed by atoms with E-state index in [1.165, 1.54) is 18.2 Å². The number of nitrogens with zero attached hydrogens (tertiary/aromatic N) is 1. The van der Waals surface area contributed by atoms with Gasteiger partial charge in [-0.3, -0.25) is 4.79 Å². The van der Waals surface area contributed by atoms with Crippen LogP contribution in [0, 0.1) is 11.6 Å². The van der Waals surface area contributed by atoms with Crippen LogP contribution in [0.2, 0.25) is 0 Å². The monoisotopic (exact) mass is 341 g/mol. The Balaban J connectivity index is 0.00000200. The first-order chi connectivity index (χ1) is 8.99. The zero-order valence-corrected chi connectivity index (χ0v) is 13.1. The summed E-state index contributed by atoms with van der Waals surface area (Å²) in [6.07, 6.45) is 0.645. The van der Waals surface area contributed by atoms with Gasteiger partial charge >= 0.3 is 0 Å². The van der Waals surface area contributed by atoms with Gasteiger partial charge in [0.1, 0.15) is 17.3 Å². The maximum absolute atomic E-state index is 13.6. The van der Waals surface area contributed by atoms with Crippen molar-refractivity contribution in [2.24, 2.45) is 5.73 Å². The van der Waals surface area contributed by atoms with Gasteiger partial charge in [0.2, 0.25) is 5.91 Å². The van der Waals surface area contributed by atoms with Gasteiger partial charge in [0.15, 0.2) is 0 Å². The van der Waals surface area contributed by atoms with E-state index in [9.17, 15) is 13.6 Å². The molecule has 21 heavy (non-hydrogen) atoms. The lowest BCUT2D eigenvalue weighted by molar-refractivity contribution is -0.122. The summed E-state index contributed by atoms with van der Waals surface area (Å²) in [5.41, 5.74) is 5.43. The maximum atomic E-state index is 13.6. The molecule has 2 atom stereocenters. The van der Waals surface area contributed by atoms with Gasteiger partial charge in [-0.1, -0.05) is 6.07 Å². The van der Waals surface area contributed by atoms with Crippen molar-refractivity contribution in [2.45, 2.75) is 25.4 Å². The van der Waals surface area contributed by atoms with E-state index in [4.69, 9.17) is 5.73 Å². The predicted octanol–water partition coefficient (Wildman–Crippen LogP) is 1.85. The largest absolute Gasteiger partial charge is 0.365 e. The zero-order chi connectivity index (χ0) is 14.0. The van der Waals surface area contributed by atoms with Crippen LogP contribution in [0.1, 0.15) is 13.3 Å². The molecule has 0 aromatic heterocycles. The summed E-state index contributed by atoms with van der Waals surface area (Å²) in [5, 5.41) is 2.77. The summed E-state index contributed by atoms with van der Waals surface area (Å²) < 4.78 is 27.3. The zero-order valence-electron chi connectivity index (χ0n) is 11.5. The molecule has 1 saturated heterocycles. The van der Waals surface area contributed by atoms with Crippen molar-refractivity contribution in [2.75, 3.05) is 18.0 Å². The van der Waals surface area contributed by atoms with Crippen molar-refractivity contribution in [3.05, 3.63) is 29.8 Å². The Morgan fingerprint density at radius 3 is 2.48 bits per heavy atom. The average molecular weight is 342 g/mol. The summed E-state index contributed by atoms with van der Waals surface area (Å²) in [6, 6.07) is 3.08. The number of nitrogens with two attached hydrogens (primary N) is 1. The lowest BCUT2D eigenvalue weighted by Gasteiger charge is -2.20. The average Bonchev–Trinajstić information content (AvgIpc) is 2.77. The number of halogens is 4. The minimum absolute atomic E-state index is 0. The fourth-order valence-electron chi connectivity index (χ4n) is 2.20. The molecule has 1 aromatic rings. The van der Waals surface area contributed by atoms with E-state index in [0.717, 1.165) is 0 Å². The molecule has 4 nitrogen and oxygen atoms in total. The first-order valence-electron chi connectivity index (χ1n) is 6.24. The van der Waals surface area contributed by atoms with E-state index >= 15 is 0 Å². The molecule has 1 unspecified atom stereocenters. The van der Waals surface area contributed by atoms with E-state index in [-0.39, 0.29) is 42.5 Å². The van der Waals surface area contributed by atoms with Crippen LogP contribution in [0.4, 0.5) is 14.5 Å². The van der Waals surface area contributed by atoms with Crippen molar-refractivity contribution in [3.8, 4) is 0 Å². The molecule has 0 saturated carbocycles. The van der Waals surface area contributed by atoms with Crippen LogP contribution in [-0.2, 0) is 4.79 Å². The van der Waals surface area contributed by atoms with E-state index in [2.05, 4.69) is 5.32 Å². The molecular formula is C13H19Cl2F2N3O. The Labute approximate surface area is 134 Å². The summed E-state index contributed by atoms with van der Waals surface area (Å²) >= 11 is 0. The Kier molecular flexibility index (Phi) is 7.92. The van der Waals surface area contributed by atoms with Crippen LogP contribution in [0.3, 0.4) is 0 Å². The molecule has 1 aliphatic heterocycles. The molecule has 0 bridgehead atoms. The van der Waals surface area contributed by atoms with E-state index in [0.29, 0.717) is 19.5 Å². The van der Waals surface area contributed by atoms with Crippen LogP contribution < -0.4 is 16.0 Å². The highest BCUT2D eigenvalue weighted by molar-refractivity contribution is 5.85. The molecule has 0 spiro atoms.